The lowest BCUT2D eigenvalue weighted by atomic mass is 9.93. The molecule has 0 spiro atoms. The van der Waals surface area contributed by atoms with E-state index in [9.17, 15) is 0 Å². The molecule has 11 heavy (non-hydrogen) atoms. The smallest absolute Gasteiger partial charge is 0.0178 e. The predicted molar refractivity (Wildman–Crippen MR) is 52.5 cm³/mol. The topological polar surface area (TPSA) is 0 Å². The molecule has 0 amide bonds. The lowest BCUT2D eigenvalue weighted by Crippen LogP contribution is -1.98. The summed E-state index contributed by atoms with van der Waals surface area (Å²) in [6.07, 6.45) is 2.20. The minimum atomic E-state index is 0.361. The molecule has 0 saturated heterocycles. The molecule has 62 valence electrons. The molecule has 0 aliphatic rings. The lowest BCUT2D eigenvalue weighted by molar-refractivity contribution is 0.890. The van der Waals surface area contributed by atoms with Gasteiger partial charge in [0.15, 0.2) is 0 Å². The molecule has 0 heterocycles. The number of rotatable bonds is 3. The molecule has 0 rings (SSSR count). The van der Waals surface area contributed by atoms with Gasteiger partial charge in [-0.15, -0.1) is 0 Å². The Morgan fingerprint density at radius 1 is 1.00 bits per heavy atom. The first-order valence-corrected chi connectivity index (χ1v) is 3.91. The average molecular weight is 150 g/mol. The van der Waals surface area contributed by atoms with Crippen LogP contribution in [-0.4, -0.2) is 0 Å². The fourth-order valence-corrected chi connectivity index (χ4v) is 1.04. The highest BCUT2D eigenvalue weighted by atomic mass is 14.1. The van der Waals surface area contributed by atoms with E-state index in [4.69, 9.17) is 0 Å². The van der Waals surface area contributed by atoms with Crippen LogP contribution in [0.25, 0.3) is 0 Å². The van der Waals surface area contributed by atoms with Crippen molar-refractivity contribution >= 4 is 0 Å². The van der Waals surface area contributed by atoms with Crippen molar-refractivity contribution in [2.75, 3.05) is 0 Å². The second kappa shape index (κ2) is 4.17. The van der Waals surface area contributed by atoms with E-state index in [1.807, 2.05) is 13.8 Å². The quantitative estimate of drug-likeness (QED) is 0.538. The summed E-state index contributed by atoms with van der Waals surface area (Å²) in [5.41, 5.74) is 3.65. The van der Waals surface area contributed by atoms with E-state index in [0.717, 1.165) is 0 Å². The molecule has 0 nitrogen and oxygen atoms in total. The molecule has 0 unspecified atom stereocenters. The molecule has 0 radical (unpaired) electrons. The highest BCUT2D eigenvalue weighted by molar-refractivity contribution is 5.22. The summed E-state index contributed by atoms with van der Waals surface area (Å²) in [6, 6.07) is 0. The number of hydrogen-bond donors (Lipinski definition) is 0. The monoisotopic (exact) mass is 150 g/mol. The summed E-state index contributed by atoms with van der Waals surface area (Å²) < 4.78 is 0. The third-order valence-electron chi connectivity index (χ3n) is 1.56. The van der Waals surface area contributed by atoms with Gasteiger partial charge in [0.05, 0.1) is 0 Å². The van der Waals surface area contributed by atoms with E-state index in [-0.39, 0.29) is 0 Å². The standard InChI is InChI=1S/C11H18/c1-8(2)7-11(9(3)4)10(5)6/h7,11H,3,5H2,1-2,4,6H3. The summed E-state index contributed by atoms with van der Waals surface area (Å²) in [4.78, 5) is 0. The van der Waals surface area contributed by atoms with Crippen LogP contribution in [-0.2, 0) is 0 Å². The van der Waals surface area contributed by atoms with Crippen molar-refractivity contribution in [2.24, 2.45) is 5.92 Å². The molecule has 0 saturated carbocycles. The van der Waals surface area contributed by atoms with Crippen LogP contribution in [0.5, 0.6) is 0 Å². The molecule has 0 fully saturated rings. The summed E-state index contributed by atoms with van der Waals surface area (Å²) in [5.74, 6) is 0.361. The molecule has 0 aliphatic heterocycles. The van der Waals surface area contributed by atoms with Crippen molar-refractivity contribution in [1.29, 1.82) is 0 Å². The van der Waals surface area contributed by atoms with Crippen molar-refractivity contribution in [3.05, 3.63) is 36.0 Å². The molecular formula is C11H18. The molecule has 0 aliphatic carbocycles. The van der Waals surface area contributed by atoms with Crippen molar-refractivity contribution in [3.63, 3.8) is 0 Å². The zero-order chi connectivity index (χ0) is 9.02. The van der Waals surface area contributed by atoms with Crippen LogP contribution in [0.15, 0.2) is 36.0 Å². The van der Waals surface area contributed by atoms with Crippen LogP contribution < -0.4 is 0 Å². The molecular weight excluding hydrogens is 132 g/mol. The van der Waals surface area contributed by atoms with Crippen LogP contribution >= 0.6 is 0 Å². The molecule has 0 aromatic heterocycles. The van der Waals surface area contributed by atoms with Crippen LogP contribution in [0.2, 0.25) is 0 Å². The molecule has 0 N–H and O–H groups in total. The van der Waals surface area contributed by atoms with E-state index < -0.39 is 0 Å². The Bertz CT molecular complexity index is 176. The minimum Gasteiger partial charge on any atom is -0.0992 e. The summed E-state index contributed by atoms with van der Waals surface area (Å²) >= 11 is 0. The number of allylic oxidation sites excluding steroid dienone is 4. The van der Waals surface area contributed by atoms with E-state index in [2.05, 4.69) is 33.1 Å². The summed E-state index contributed by atoms with van der Waals surface area (Å²) in [7, 11) is 0. The first-order valence-electron chi connectivity index (χ1n) is 3.91. The van der Waals surface area contributed by atoms with Gasteiger partial charge in [0.25, 0.3) is 0 Å². The molecule has 0 aromatic rings. The Morgan fingerprint density at radius 2 is 1.36 bits per heavy atom. The van der Waals surface area contributed by atoms with E-state index in [1.165, 1.54) is 16.7 Å². The Hall–Kier alpha value is -0.780. The van der Waals surface area contributed by atoms with Crippen molar-refractivity contribution in [2.45, 2.75) is 27.7 Å². The predicted octanol–water partition coefficient (Wildman–Crippen LogP) is 3.72. The maximum absolute atomic E-state index is 3.92. The molecule has 0 heteroatoms. The maximum Gasteiger partial charge on any atom is 0.0178 e. The first-order chi connectivity index (χ1) is 4.95. The van der Waals surface area contributed by atoms with Gasteiger partial charge >= 0.3 is 0 Å². The molecule has 0 atom stereocenters. The van der Waals surface area contributed by atoms with Crippen LogP contribution in [0.3, 0.4) is 0 Å². The Labute approximate surface area is 70.3 Å². The minimum absolute atomic E-state index is 0.361. The maximum atomic E-state index is 3.92. The summed E-state index contributed by atoms with van der Waals surface area (Å²) in [5, 5.41) is 0. The Kier molecular flexibility index (Phi) is 3.88. The van der Waals surface area contributed by atoms with E-state index >= 15 is 0 Å². The zero-order valence-corrected chi connectivity index (χ0v) is 8.07. The SMILES string of the molecule is C=C(C)C(C=C(C)C)C(=C)C. The first kappa shape index (κ1) is 10.2. The van der Waals surface area contributed by atoms with Gasteiger partial charge in [-0.1, -0.05) is 36.0 Å². The van der Waals surface area contributed by atoms with Gasteiger partial charge < -0.3 is 0 Å². The van der Waals surface area contributed by atoms with Crippen LogP contribution in [0.4, 0.5) is 0 Å². The highest BCUT2D eigenvalue weighted by Gasteiger charge is 2.05. The van der Waals surface area contributed by atoms with Crippen molar-refractivity contribution < 1.29 is 0 Å². The Morgan fingerprint density at radius 3 is 1.45 bits per heavy atom. The van der Waals surface area contributed by atoms with Gasteiger partial charge in [0.2, 0.25) is 0 Å². The fraction of sp³-hybridized carbons (Fsp3) is 0.455. The van der Waals surface area contributed by atoms with E-state index in [0.29, 0.717) is 5.92 Å². The third kappa shape index (κ3) is 3.82. The van der Waals surface area contributed by atoms with Gasteiger partial charge in [-0.05, 0) is 27.7 Å². The highest BCUT2D eigenvalue weighted by Crippen LogP contribution is 2.19. The van der Waals surface area contributed by atoms with Gasteiger partial charge in [0.1, 0.15) is 0 Å². The normalized spacial score (nSPS) is 9.55. The fourth-order valence-electron chi connectivity index (χ4n) is 1.04. The largest absolute Gasteiger partial charge is 0.0992 e. The molecule has 0 aromatic carbocycles. The second-order valence-corrected chi connectivity index (χ2v) is 3.41. The lowest BCUT2D eigenvalue weighted by Gasteiger charge is -2.12. The van der Waals surface area contributed by atoms with Gasteiger partial charge in [-0.25, -0.2) is 0 Å². The van der Waals surface area contributed by atoms with Crippen LogP contribution in [0, 0.1) is 5.92 Å². The van der Waals surface area contributed by atoms with Crippen molar-refractivity contribution in [1.82, 2.24) is 0 Å². The van der Waals surface area contributed by atoms with Crippen molar-refractivity contribution in [3.8, 4) is 0 Å². The average Bonchev–Trinajstić information content (AvgIpc) is 1.81. The third-order valence-corrected chi connectivity index (χ3v) is 1.56. The van der Waals surface area contributed by atoms with Gasteiger partial charge in [0, 0.05) is 5.92 Å². The van der Waals surface area contributed by atoms with Gasteiger partial charge in [-0.2, -0.15) is 0 Å². The van der Waals surface area contributed by atoms with Crippen LogP contribution in [0.1, 0.15) is 27.7 Å². The second-order valence-electron chi connectivity index (χ2n) is 3.41. The molecule has 0 bridgehead atoms. The Balaban J connectivity index is 4.49. The summed E-state index contributed by atoms with van der Waals surface area (Å²) in [6.45, 7) is 16.1. The zero-order valence-electron chi connectivity index (χ0n) is 8.07. The number of hydrogen-bond acceptors (Lipinski definition) is 0. The van der Waals surface area contributed by atoms with E-state index in [1.54, 1.807) is 0 Å². The van der Waals surface area contributed by atoms with Gasteiger partial charge in [-0.3, -0.25) is 0 Å².